The maximum Gasteiger partial charge on any atom is 0.197 e. The Balaban J connectivity index is 2.88. The molecule has 0 saturated carbocycles. The molecule has 4 heteroatoms. The van der Waals surface area contributed by atoms with E-state index < -0.39 is 0 Å². The summed E-state index contributed by atoms with van der Waals surface area (Å²) in [5.41, 5.74) is 0.569. The molecule has 3 nitrogen and oxygen atoms in total. The van der Waals surface area contributed by atoms with Gasteiger partial charge >= 0.3 is 0 Å². The fourth-order valence-electron chi connectivity index (χ4n) is 1.02. The van der Waals surface area contributed by atoms with Crippen LogP contribution in [0.2, 0.25) is 0 Å². The second-order valence-corrected chi connectivity index (χ2v) is 3.06. The lowest BCUT2D eigenvalue weighted by atomic mass is 10.2. The van der Waals surface area contributed by atoms with Crippen molar-refractivity contribution in [3.05, 3.63) is 29.1 Å². The van der Waals surface area contributed by atoms with Crippen LogP contribution in [0.1, 0.15) is 0 Å². The van der Waals surface area contributed by atoms with Crippen LogP contribution in [0.3, 0.4) is 0 Å². The highest BCUT2D eigenvalue weighted by molar-refractivity contribution is 9.10. The Kier molecular flexibility index (Phi) is 1.69. The fraction of sp³-hybridized carbons (Fsp3) is 0. The fourth-order valence-corrected chi connectivity index (χ4v) is 1.30. The first-order chi connectivity index (χ1) is 5.77. The summed E-state index contributed by atoms with van der Waals surface area (Å²) in [5, 5.41) is 10.2. The number of aromatic nitrogens is 2. The smallest absolute Gasteiger partial charge is 0.197 e. The minimum absolute atomic E-state index is 0.176. The molecule has 60 valence electrons. The predicted molar refractivity (Wildman–Crippen MR) is 48.9 cm³/mol. The molecule has 0 aliphatic rings. The Morgan fingerprint density at radius 3 is 3.00 bits per heavy atom. The lowest BCUT2D eigenvalue weighted by molar-refractivity contribution is 0.480. The van der Waals surface area contributed by atoms with Crippen molar-refractivity contribution in [3.63, 3.8) is 0 Å². The van der Waals surface area contributed by atoms with Gasteiger partial charge in [-0.1, -0.05) is 12.1 Å². The molecule has 0 spiro atoms. The first kappa shape index (κ1) is 7.49. The number of hydrogen-bond acceptors (Lipinski definition) is 3. The van der Waals surface area contributed by atoms with Crippen LogP contribution in [0.15, 0.2) is 29.1 Å². The first-order valence-electron chi connectivity index (χ1n) is 3.37. The molecule has 0 amide bonds. The van der Waals surface area contributed by atoms with Gasteiger partial charge in [-0.15, -0.1) is 0 Å². The number of nitrogens with zero attached hydrogens (tertiary/aromatic N) is 2. The number of hydrogen-bond donors (Lipinski definition) is 1. The summed E-state index contributed by atoms with van der Waals surface area (Å²) in [6.45, 7) is 0. The molecule has 2 aromatic rings. The van der Waals surface area contributed by atoms with Gasteiger partial charge in [0.25, 0.3) is 0 Å². The van der Waals surface area contributed by atoms with Crippen molar-refractivity contribution >= 4 is 26.8 Å². The van der Waals surface area contributed by atoms with Gasteiger partial charge in [0, 0.05) is 11.6 Å². The highest BCUT2D eigenvalue weighted by atomic mass is 79.9. The zero-order valence-corrected chi connectivity index (χ0v) is 7.62. The Morgan fingerprint density at radius 1 is 1.33 bits per heavy atom. The van der Waals surface area contributed by atoms with Crippen molar-refractivity contribution in [3.8, 4) is 5.75 Å². The van der Waals surface area contributed by atoms with Gasteiger partial charge in [-0.2, -0.15) is 0 Å². The number of aromatic hydroxyl groups is 1. The topological polar surface area (TPSA) is 46.0 Å². The van der Waals surface area contributed by atoms with Crippen molar-refractivity contribution < 1.29 is 5.11 Å². The highest BCUT2D eigenvalue weighted by Crippen LogP contribution is 2.22. The van der Waals surface area contributed by atoms with Crippen LogP contribution in [-0.4, -0.2) is 15.1 Å². The van der Waals surface area contributed by atoms with Crippen LogP contribution < -0.4 is 0 Å². The van der Waals surface area contributed by atoms with Crippen LogP contribution in [0, 0.1) is 0 Å². The molecule has 1 N–H and O–H groups in total. The van der Waals surface area contributed by atoms with E-state index in [1.165, 1.54) is 0 Å². The van der Waals surface area contributed by atoms with E-state index in [-0.39, 0.29) is 5.75 Å². The summed E-state index contributed by atoms with van der Waals surface area (Å²) in [6.07, 6.45) is 1.66. The molecule has 0 unspecified atom stereocenters. The minimum atomic E-state index is 0.176. The molecule has 0 radical (unpaired) electrons. The summed E-state index contributed by atoms with van der Waals surface area (Å²) in [7, 11) is 0. The monoisotopic (exact) mass is 224 g/mol. The van der Waals surface area contributed by atoms with Gasteiger partial charge < -0.3 is 5.11 Å². The molecule has 0 aliphatic carbocycles. The van der Waals surface area contributed by atoms with E-state index in [0.717, 1.165) is 5.39 Å². The van der Waals surface area contributed by atoms with Gasteiger partial charge in [0.1, 0.15) is 11.3 Å². The van der Waals surface area contributed by atoms with Crippen molar-refractivity contribution in [1.82, 2.24) is 9.97 Å². The third-order valence-electron chi connectivity index (χ3n) is 1.56. The highest BCUT2D eigenvalue weighted by Gasteiger charge is 2.00. The molecular weight excluding hydrogens is 220 g/mol. The predicted octanol–water partition coefficient (Wildman–Crippen LogP) is 2.10. The molecule has 0 atom stereocenters. The standard InChI is InChI=1S/C8H5BrN2O/c9-8-10-4-5-2-1-3-6(12)7(5)11-8/h1-4,12H. The Hall–Kier alpha value is -1.16. The molecule has 0 aliphatic heterocycles. The maximum absolute atomic E-state index is 9.38. The van der Waals surface area contributed by atoms with E-state index in [4.69, 9.17) is 0 Å². The lowest BCUT2D eigenvalue weighted by Crippen LogP contribution is -1.83. The molecular formula is C8H5BrN2O. The van der Waals surface area contributed by atoms with Crippen LogP contribution in [0.4, 0.5) is 0 Å². The van der Waals surface area contributed by atoms with E-state index in [0.29, 0.717) is 10.3 Å². The van der Waals surface area contributed by atoms with Gasteiger partial charge in [0.2, 0.25) is 0 Å². The zero-order valence-electron chi connectivity index (χ0n) is 6.03. The van der Waals surface area contributed by atoms with Gasteiger partial charge in [-0.25, -0.2) is 9.97 Å². The number of rotatable bonds is 0. The average molecular weight is 225 g/mol. The SMILES string of the molecule is Oc1cccc2cnc(Br)nc12. The number of phenols is 1. The molecule has 0 saturated heterocycles. The maximum atomic E-state index is 9.38. The summed E-state index contributed by atoms with van der Waals surface area (Å²) < 4.78 is 0.483. The second kappa shape index (κ2) is 2.71. The van der Waals surface area contributed by atoms with E-state index in [1.807, 2.05) is 6.07 Å². The number of fused-ring (bicyclic) bond motifs is 1. The van der Waals surface area contributed by atoms with E-state index >= 15 is 0 Å². The zero-order chi connectivity index (χ0) is 8.55. The molecule has 12 heavy (non-hydrogen) atoms. The van der Waals surface area contributed by atoms with Crippen LogP contribution >= 0.6 is 15.9 Å². The third-order valence-corrected chi connectivity index (χ3v) is 1.94. The molecule has 0 fully saturated rings. The second-order valence-electron chi connectivity index (χ2n) is 2.35. The van der Waals surface area contributed by atoms with Crippen molar-refractivity contribution in [2.45, 2.75) is 0 Å². The summed E-state index contributed by atoms with van der Waals surface area (Å²) in [5.74, 6) is 0.176. The van der Waals surface area contributed by atoms with Crippen molar-refractivity contribution in [2.75, 3.05) is 0 Å². The Bertz CT molecular complexity index is 430. The van der Waals surface area contributed by atoms with Gasteiger partial charge in [-0.3, -0.25) is 0 Å². The van der Waals surface area contributed by atoms with Crippen molar-refractivity contribution in [2.24, 2.45) is 0 Å². The lowest BCUT2D eigenvalue weighted by Gasteiger charge is -1.98. The normalized spacial score (nSPS) is 10.4. The average Bonchev–Trinajstić information content (AvgIpc) is 2.07. The van der Waals surface area contributed by atoms with Gasteiger partial charge in [0.05, 0.1) is 0 Å². The number of para-hydroxylation sites is 1. The van der Waals surface area contributed by atoms with Gasteiger partial charge in [-0.05, 0) is 22.0 Å². The summed E-state index contributed by atoms with van der Waals surface area (Å²) >= 11 is 3.13. The quantitative estimate of drug-likeness (QED) is 0.698. The van der Waals surface area contributed by atoms with E-state index in [2.05, 4.69) is 25.9 Å². The van der Waals surface area contributed by atoms with Gasteiger partial charge in [0.15, 0.2) is 4.73 Å². The summed E-state index contributed by atoms with van der Waals surface area (Å²) in [4.78, 5) is 7.97. The van der Waals surface area contributed by atoms with Crippen LogP contribution in [-0.2, 0) is 0 Å². The molecule has 1 heterocycles. The summed E-state index contributed by atoms with van der Waals surface area (Å²) in [6, 6.07) is 5.21. The molecule has 2 rings (SSSR count). The third kappa shape index (κ3) is 1.14. The number of phenolic OH excluding ortho intramolecular Hbond substituents is 1. The van der Waals surface area contributed by atoms with E-state index in [9.17, 15) is 5.11 Å². The molecule has 1 aromatic heterocycles. The van der Waals surface area contributed by atoms with Crippen molar-refractivity contribution in [1.29, 1.82) is 0 Å². The minimum Gasteiger partial charge on any atom is -0.506 e. The molecule has 0 bridgehead atoms. The Morgan fingerprint density at radius 2 is 2.17 bits per heavy atom. The van der Waals surface area contributed by atoms with Crippen LogP contribution in [0.5, 0.6) is 5.75 Å². The number of halogens is 1. The van der Waals surface area contributed by atoms with E-state index in [1.54, 1.807) is 18.3 Å². The first-order valence-corrected chi connectivity index (χ1v) is 4.17. The Labute approximate surface area is 77.2 Å². The van der Waals surface area contributed by atoms with Crippen LogP contribution in [0.25, 0.3) is 10.9 Å². The molecule has 1 aromatic carbocycles. The number of benzene rings is 1. The largest absolute Gasteiger partial charge is 0.506 e.